The summed E-state index contributed by atoms with van der Waals surface area (Å²) >= 11 is 0. The number of likely N-dealkylation sites (N-methyl/N-ethyl adjacent to an activating group) is 1. The highest BCUT2D eigenvalue weighted by Gasteiger charge is 2.34. The summed E-state index contributed by atoms with van der Waals surface area (Å²) in [6.07, 6.45) is 0.130. The number of nitrogens with one attached hydrogen (secondary N) is 1. The number of carbonyl (C=O) groups excluding carboxylic acids is 1. The fourth-order valence-corrected chi connectivity index (χ4v) is 2.62. The topological polar surface area (TPSA) is 46.3 Å². The third kappa shape index (κ3) is 2.67. The number of hydrogen-bond donors (Lipinski definition) is 1. The fraction of sp³-hybridized carbons (Fsp3) is 0.467. The van der Waals surface area contributed by atoms with Crippen LogP contribution in [0, 0.1) is 0 Å². The summed E-state index contributed by atoms with van der Waals surface area (Å²) in [5.74, 6) is 0.0761. The number of quaternary nitrogens is 1. The van der Waals surface area contributed by atoms with Crippen molar-refractivity contribution in [1.29, 1.82) is 0 Å². The summed E-state index contributed by atoms with van der Waals surface area (Å²) in [7, 11) is 2.16. The van der Waals surface area contributed by atoms with E-state index in [9.17, 15) is 4.79 Å². The van der Waals surface area contributed by atoms with E-state index in [-0.39, 0.29) is 5.91 Å². The Kier molecular flexibility index (Phi) is 3.69. The second kappa shape index (κ2) is 5.63. The normalized spacial score (nSPS) is 23.4. The van der Waals surface area contributed by atoms with E-state index in [4.69, 9.17) is 4.84 Å². The number of amides is 1. The molecule has 1 saturated heterocycles. The monoisotopic (exact) mass is 274 g/mol. The number of rotatable bonds is 2. The number of carbonyl (C=O) groups is 1. The first-order chi connectivity index (χ1) is 9.74. The third-order valence-electron chi connectivity index (χ3n) is 3.98. The molecule has 20 heavy (non-hydrogen) atoms. The minimum Gasteiger partial charge on any atom is -0.382 e. The van der Waals surface area contributed by atoms with Crippen LogP contribution in [-0.4, -0.2) is 55.8 Å². The second-order valence-corrected chi connectivity index (χ2v) is 5.48. The highest BCUT2D eigenvalue weighted by molar-refractivity contribution is 6.04. The van der Waals surface area contributed by atoms with Crippen LogP contribution in [0.3, 0.4) is 0 Å². The molecular weight excluding hydrogens is 254 g/mol. The Labute approximate surface area is 118 Å². The van der Waals surface area contributed by atoms with E-state index in [0.717, 1.165) is 37.5 Å². The highest BCUT2D eigenvalue weighted by atomic mass is 16.6. The standard InChI is InChI=1S/C15H19N3O2/c1-17-7-9-18(10-8-17)15(19)14-11-13(16-20-14)12-5-3-2-4-6-12/h2-6,14H,7-11H2,1H3/p+1/t14-/m1/s1. The smallest absolute Gasteiger partial charge is 0.267 e. The molecule has 0 aliphatic carbocycles. The van der Waals surface area contributed by atoms with Crippen molar-refractivity contribution in [2.75, 3.05) is 33.2 Å². The van der Waals surface area contributed by atoms with Gasteiger partial charge in [-0.3, -0.25) is 4.79 Å². The van der Waals surface area contributed by atoms with Gasteiger partial charge in [0, 0.05) is 6.42 Å². The molecule has 0 aromatic heterocycles. The summed E-state index contributed by atoms with van der Waals surface area (Å²) in [4.78, 5) is 21.1. The van der Waals surface area contributed by atoms with Gasteiger partial charge in [-0.1, -0.05) is 35.5 Å². The van der Waals surface area contributed by atoms with Gasteiger partial charge in [0.1, 0.15) is 0 Å². The Morgan fingerprint density at radius 1 is 1.30 bits per heavy atom. The molecular formula is C15H20N3O2+. The molecule has 2 heterocycles. The third-order valence-corrected chi connectivity index (χ3v) is 3.98. The molecule has 1 N–H and O–H groups in total. The van der Waals surface area contributed by atoms with Gasteiger partial charge in [-0.05, 0) is 5.56 Å². The molecule has 2 aliphatic heterocycles. The largest absolute Gasteiger partial charge is 0.382 e. The molecule has 0 saturated carbocycles. The zero-order valence-electron chi connectivity index (χ0n) is 11.7. The molecule has 3 rings (SSSR count). The van der Waals surface area contributed by atoms with Gasteiger partial charge in [0.25, 0.3) is 5.91 Å². The Bertz CT molecular complexity index is 507. The van der Waals surface area contributed by atoms with E-state index in [0.29, 0.717) is 6.42 Å². The van der Waals surface area contributed by atoms with E-state index in [1.807, 2.05) is 35.2 Å². The van der Waals surface area contributed by atoms with Gasteiger partial charge in [0.2, 0.25) is 6.10 Å². The molecule has 0 spiro atoms. The first kappa shape index (κ1) is 13.1. The van der Waals surface area contributed by atoms with Gasteiger partial charge in [-0.15, -0.1) is 0 Å². The van der Waals surface area contributed by atoms with Crippen molar-refractivity contribution in [2.45, 2.75) is 12.5 Å². The molecule has 1 amide bonds. The quantitative estimate of drug-likeness (QED) is 0.793. The maximum Gasteiger partial charge on any atom is 0.267 e. The van der Waals surface area contributed by atoms with Gasteiger partial charge in [-0.25, -0.2) is 0 Å². The average Bonchev–Trinajstić information content (AvgIpc) is 2.98. The van der Waals surface area contributed by atoms with Crippen LogP contribution >= 0.6 is 0 Å². The summed E-state index contributed by atoms with van der Waals surface area (Å²) < 4.78 is 0. The Morgan fingerprint density at radius 3 is 2.70 bits per heavy atom. The maximum atomic E-state index is 12.4. The van der Waals surface area contributed by atoms with Crippen LogP contribution < -0.4 is 4.90 Å². The maximum absolute atomic E-state index is 12.4. The lowest BCUT2D eigenvalue weighted by Gasteiger charge is -2.31. The Hall–Kier alpha value is -1.88. The van der Waals surface area contributed by atoms with E-state index in [2.05, 4.69) is 12.2 Å². The molecule has 0 unspecified atom stereocenters. The minimum atomic E-state index is -0.441. The van der Waals surface area contributed by atoms with E-state index in [1.165, 1.54) is 4.90 Å². The molecule has 1 fully saturated rings. The van der Waals surface area contributed by atoms with Crippen molar-refractivity contribution in [3.05, 3.63) is 35.9 Å². The summed E-state index contributed by atoms with van der Waals surface area (Å²) in [6.45, 7) is 3.63. The Morgan fingerprint density at radius 2 is 2.00 bits per heavy atom. The number of piperazine rings is 1. The number of hydrogen-bond acceptors (Lipinski definition) is 3. The predicted molar refractivity (Wildman–Crippen MR) is 75.7 cm³/mol. The lowest BCUT2D eigenvalue weighted by molar-refractivity contribution is -0.883. The molecule has 1 aromatic carbocycles. The predicted octanol–water partition coefficient (Wildman–Crippen LogP) is -0.463. The van der Waals surface area contributed by atoms with Crippen molar-refractivity contribution in [3.63, 3.8) is 0 Å². The van der Waals surface area contributed by atoms with Crippen LogP contribution in [0.5, 0.6) is 0 Å². The zero-order valence-corrected chi connectivity index (χ0v) is 11.7. The zero-order chi connectivity index (χ0) is 13.9. The van der Waals surface area contributed by atoms with Crippen LogP contribution in [0.2, 0.25) is 0 Å². The van der Waals surface area contributed by atoms with E-state index >= 15 is 0 Å². The van der Waals surface area contributed by atoms with Crippen molar-refractivity contribution >= 4 is 11.6 Å². The van der Waals surface area contributed by atoms with Gasteiger partial charge < -0.3 is 14.6 Å². The summed E-state index contributed by atoms with van der Waals surface area (Å²) in [6, 6.07) is 9.89. The molecule has 0 bridgehead atoms. The molecule has 1 atom stereocenters. The van der Waals surface area contributed by atoms with Crippen molar-refractivity contribution in [1.82, 2.24) is 4.90 Å². The number of nitrogens with zero attached hydrogens (tertiary/aromatic N) is 2. The van der Waals surface area contributed by atoms with Crippen LogP contribution in [0.4, 0.5) is 0 Å². The van der Waals surface area contributed by atoms with Gasteiger partial charge >= 0.3 is 0 Å². The van der Waals surface area contributed by atoms with Crippen LogP contribution in [0.15, 0.2) is 35.5 Å². The summed E-state index contributed by atoms with van der Waals surface area (Å²) in [5.41, 5.74) is 1.90. The first-order valence-electron chi connectivity index (χ1n) is 7.12. The second-order valence-electron chi connectivity index (χ2n) is 5.48. The molecule has 2 aliphatic rings. The lowest BCUT2D eigenvalue weighted by atomic mass is 10.0. The highest BCUT2D eigenvalue weighted by Crippen LogP contribution is 2.18. The van der Waals surface area contributed by atoms with Gasteiger partial charge in [0.15, 0.2) is 0 Å². The Balaban J connectivity index is 1.60. The minimum absolute atomic E-state index is 0.0761. The van der Waals surface area contributed by atoms with Crippen LogP contribution in [-0.2, 0) is 9.63 Å². The van der Waals surface area contributed by atoms with Crippen molar-refractivity contribution in [3.8, 4) is 0 Å². The molecule has 0 radical (unpaired) electrons. The van der Waals surface area contributed by atoms with E-state index < -0.39 is 6.10 Å². The molecule has 106 valence electrons. The first-order valence-corrected chi connectivity index (χ1v) is 7.12. The van der Waals surface area contributed by atoms with Gasteiger partial charge in [-0.2, -0.15) is 0 Å². The summed E-state index contributed by atoms with van der Waals surface area (Å²) in [5, 5.41) is 4.08. The van der Waals surface area contributed by atoms with Crippen LogP contribution in [0.1, 0.15) is 12.0 Å². The van der Waals surface area contributed by atoms with E-state index in [1.54, 1.807) is 0 Å². The van der Waals surface area contributed by atoms with Crippen molar-refractivity contribution in [2.24, 2.45) is 5.16 Å². The number of benzene rings is 1. The molecule has 5 heteroatoms. The average molecular weight is 274 g/mol. The van der Waals surface area contributed by atoms with Crippen LogP contribution in [0.25, 0.3) is 0 Å². The molecule has 1 aromatic rings. The lowest BCUT2D eigenvalue weighted by Crippen LogP contribution is -3.12. The fourth-order valence-electron chi connectivity index (χ4n) is 2.62. The van der Waals surface area contributed by atoms with Crippen molar-refractivity contribution < 1.29 is 14.5 Å². The SMILES string of the molecule is C[NH+]1CCN(C(=O)[C@H]2CC(c3ccccc3)=NO2)CC1. The number of oxime groups is 1. The molecule has 5 nitrogen and oxygen atoms in total. The van der Waals surface area contributed by atoms with Gasteiger partial charge in [0.05, 0.1) is 38.9 Å².